The highest BCUT2D eigenvalue weighted by atomic mass is 32.2. The summed E-state index contributed by atoms with van der Waals surface area (Å²) in [5, 5.41) is 2.15. The largest absolute Gasteiger partial charge is 0.358 e. The first-order valence-corrected chi connectivity index (χ1v) is 4.40. The molecule has 0 aromatic heterocycles. The van der Waals surface area contributed by atoms with E-state index >= 15 is 0 Å². The zero-order chi connectivity index (χ0) is 9.07. The maximum Gasteiger partial charge on any atom is 0.266 e. The molecule has 0 aliphatic rings. The van der Waals surface area contributed by atoms with Gasteiger partial charge in [-0.2, -0.15) is 8.42 Å². The van der Waals surface area contributed by atoms with Crippen LogP contribution in [0.1, 0.15) is 0 Å². The lowest BCUT2D eigenvalue weighted by Crippen LogP contribution is -2.43. The molecule has 0 rings (SSSR count). The van der Waals surface area contributed by atoms with Gasteiger partial charge in [-0.05, 0) is 0 Å². The zero-order valence-corrected chi connectivity index (χ0v) is 6.76. The molecule has 6 nitrogen and oxygen atoms in total. The fourth-order valence-corrected chi connectivity index (χ4v) is 1.09. The molecule has 0 aliphatic heterocycles. The molecule has 7 heteroatoms. The monoisotopic (exact) mass is 182 g/mol. The van der Waals surface area contributed by atoms with Gasteiger partial charge in [0.1, 0.15) is 6.04 Å². The standard InChI is InChI=1S/C4H10N2O4S/c1-6-4(7)3(5)2-11(8,9)10/h3H,2,5H2,1H3,(H,6,7)(H,8,9,10). The molecule has 0 bridgehead atoms. The lowest BCUT2D eigenvalue weighted by atomic mass is 10.3. The number of amides is 1. The van der Waals surface area contributed by atoms with Gasteiger partial charge >= 0.3 is 0 Å². The van der Waals surface area contributed by atoms with Gasteiger partial charge in [0.2, 0.25) is 5.91 Å². The molecule has 0 saturated carbocycles. The van der Waals surface area contributed by atoms with E-state index in [0.717, 1.165) is 0 Å². The van der Waals surface area contributed by atoms with Gasteiger partial charge in [-0.1, -0.05) is 0 Å². The van der Waals surface area contributed by atoms with Crippen LogP contribution in [0, 0.1) is 0 Å². The Kier molecular flexibility index (Phi) is 3.43. The Labute approximate surface area is 64.5 Å². The molecule has 0 aromatic rings. The molecule has 0 aromatic carbocycles. The number of likely N-dealkylation sites (N-methyl/N-ethyl adjacent to an activating group) is 1. The Bertz CT molecular complexity index is 234. The van der Waals surface area contributed by atoms with E-state index in [2.05, 4.69) is 5.32 Å². The van der Waals surface area contributed by atoms with Gasteiger partial charge in [0.25, 0.3) is 10.1 Å². The van der Waals surface area contributed by atoms with Crippen LogP contribution in [0.2, 0.25) is 0 Å². The summed E-state index contributed by atoms with van der Waals surface area (Å²) >= 11 is 0. The predicted molar refractivity (Wildman–Crippen MR) is 38.5 cm³/mol. The Hall–Kier alpha value is -0.660. The molecule has 1 amide bonds. The fraction of sp³-hybridized carbons (Fsp3) is 0.750. The molecule has 0 heterocycles. The SMILES string of the molecule is CNC(=O)C(N)CS(=O)(=O)O. The van der Waals surface area contributed by atoms with Crippen molar-refractivity contribution < 1.29 is 17.8 Å². The minimum absolute atomic E-state index is 0.623. The van der Waals surface area contributed by atoms with Crippen molar-refractivity contribution in [2.75, 3.05) is 12.8 Å². The third kappa shape index (κ3) is 4.71. The number of hydrogen-bond donors (Lipinski definition) is 3. The van der Waals surface area contributed by atoms with Crippen LogP contribution in [0.15, 0.2) is 0 Å². The molecule has 4 N–H and O–H groups in total. The number of carbonyl (C=O) groups is 1. The van der Waals surface area contributed by atoms with E-state index in [-0.39, 0.29) is 0 Å². The molecule has 1 unspecified atom stereocenters. The van der Waals surface area contributed by atoms with Crippen LogP contribution in [-0.4, -0.2) is 37.7 Å². The maximum absolute atomic E-state index is 10.6. The first-order chi connectivity index (χ1) is 4.87. The van der Waals surface area contributed by atoms with E-state index in [0.29, 0.717) is 0 Å². The van der Waals surface area contributed by atoms with E-state index in [1.165, 1.54) is 7.05 Å². The van der Waals surface area contributed by atoms with Gasteiger partial charge in [-0.3, -0.25) is 9.35 Å². The lowest BCUT2D eigenvalue weighted by Gasteiger charge is -2.06. The van der Waals surface area contributed by atoms with Gasteiger partial charge in [0.05, 0.1) is 5.75 Å². The minimum Gasteiger partial charge on any atom is -0.358 e. The second kappa shape index (κ2) is 3.65. The molecule has 0 fully saturated rings. The average molecular weight is 182 g/mol. The smallest absolute Gasteiger partial charge is 0.266 e. The molecule has 0 radical (unpaired) electrons. The van der Waals surface area contributed by atoms with Crippen molar-refractivity contribution in [3.05, 3.63) is 0 Å². The molecule has 66 valence electrons. The van der Waals surface area contributed by atoms with Crippen molar-refractivity contribution in [1.82, 2.24) is 5.32 Å². The molecule has 1 atom stereocenters. The Morgan fingerprint density at radius 3 is 2.45 bits per heavy atom. The summed E-state index contributed by atoms with van der Waals surface area (Å²) in [6.45, 7) is 0. The van der Waals surface area contributed by atoms with Crippen molar-refractivity contribution in [1.29, 1.82) is 0 Å². The van der Waals surface area contributed by atoms with E-state index in [1.807, 2.05) is 0 Å². The Morgan fingerprint density at radius 1 is 1.73 bits per heavy atom. The summed E-state index contributed by atoms with van der Waals surface area (Å²) < 4.78 is 28.6. The van der Waals surface area contributed by atoms with Gasteiger partial charge in [-0.25, -0.2) is 0 Å². The molecular weight excluding hydrogens is 172 g/mol. The van der Waals surface area contributed by atoms with Crippen molar-refractivity contribution in [3.63, 3.8) is 0 Å². The third-order valence-corrected chi connectivity index (χ3v) is 1.75. The molecular formula is C4H10N2O4S. The number of nitrogens with one attached hydrogen (secondary N) is 1. The summed E-state index contributed by atoms with van der Waals surface area (Å²) in [6, 6.07) is -1.21. The maximum atomic E-state index is 10.6. The second-order valence-electron chi connectivity index (χ2n) is 1.97. The number of rotatable bonds is 3. The fourth-order valence-electron chi connectivity index (χ4n) is 0.488. The summed E-state index contributed by atoms with van der Waals surface area (Å²) in [7, 11) is -2.84. The van der Waals surface area contributed by atoms with Crippen molar-refractivity contribution >= 4 is 16.0 Å². The lowest BCUT2D eigenvalue weighted by molar-refractivity contribution is -0.121. The van der Waals surface area contributed by atoms with Gasteiger partial charge in [0, 0.05) is 7.05 Å². The molecule has 0 spiro atoms. The minimum atomic E-state index is -4.16. The van der Waals surface area contributed by atoms with Crippen LogP contribution < -0.4 is 11.1 Å². The highest BCUT2D eigenvalue weighted by Crippen LogP contribution is 1.86. The van der Waals surface area contributed by atoms with Crippen molar-refractivity contribution in [3.8, 4) is 0 Å². The van der Waals surface area contributed by atoms with Crippen LogP contribution in [0.5, 0.6) is 0 Å². The van der Waals surface area contributed by atoms with Crippen LogP contribution in [0.25, 0.3) is 0 Å². The van der Waals surface area contributed by atoms with Gasteiger partial charge < -0.3 is 11.1 Å². The van der Waals surface area contributed by atoms with E-state index in [1.54, 1.807) is 0 Å². The van der Waals surface area contributed by atoms with Gasteiger partial charge in [-0.15, -0.1) is 0 Å². The predicted octanol–water partition coefficient (Wildman–Crippen LogP) is -2.05. The first kappa shape index (κ1) is 10.3. The van der Waals surface area contributed by atoms with E-state index < -0.39 is 27.8 Å². The second-order valence-corrected chi connectivity index (χ2v) is 3.47. The van der Waals surface area contributed by atoms with Crippen LogP contribution in [0.4, 0.5) is 0 Å². The quantitative estimate of drug-likeness (QED) is 0.435. The summed E-state index contributed by atoms with van der Waals surface area (Å²) in [5.41, 5.74) is 5.06. The molecule has 0 saturated heterocycles. The van der Waals surface area contributed by atoms with Crippen molar-refractivity contribution in [2.45, 2.75) is 6.04 Å². The van der Waals surface area contributed by atoms with E-state index in [9.17, 15) is 13.2 Å². The Morgan fingerprint density at radius 2 is 2.18 bits per heavy atom. The molecule has 0 aliphatic carbocycles. The Balaban J connectivity index is 4.09. The summed E-state index contributed by atoms with van der Waals surface area (Å²) in [6.07, 6.45) is 0. The summed E-state index contributed by atoms with van der Waals surface area (Å²) in [5.74, 6) is -1.38. The normalized spacial score (nSPS) is 14.1. The first-order valence-electron chi connectivity index (χ1n) is 2.79. The van der Waals surface area contributed by atoms with Gasteiger partial charge in [0.15, 0.2) is 0 Å². The number of hydrogen-bond acceptors (Lipinski definition) is 4. The topological polar surface area (TPSA) is 109 Å². The number of carbonyl (C=O) groups excluding carboxylic acids is 1. The third-order valence-electron chi connectivity index (χ3n) is 0.973. The van der Waals surface area contributed by atoms with Crippen LogP contribution in [0.3, 0.4) is 0 Å². The van der Waals surface area contributed by atoms with Crippen LogP contribution in [-0.2, 0) is 14.9 Å². The number of nitrogens with two attached hydrogens (primary N) is 1. The van der Waals surface area contributed by atoms with Crippen LogP contribution >= 0.6 is 0 Å². The van der Waals surface area contributed by atoms with E-state index in [4.69, 9.17) is 10.3 Å². The highest BCUT2D eigenvalue weighted by molar-refractivity contribution is 7.85. The summed E-state index contributed by atoms with van der Waals surface area (Å²) in [4.78, 5) is 10.6. The zero-order valence-electron chi connectivity index (χ0n) is 5.94. The molecule has 11 heavy (non-hydrogen) atoms. The highest BCUT2D eigenvalue weighted by Gasteiger charge is 2.18. The van der Waals surface area contributed by atoms with Crippen molar-refractivity contribution in [2.24, 2.45) is 5.73 Å². The average Bonchev–Trinajstić information content (AvgIpc) is 1.82.